The number of hydrogen-bond acceptors (Lipinski definition) is 2. The molecule has 0 saturated heterocycles. The SMILES string of the molecule is O=S(=O)(c1ccc(Cl)c(Cl)c1)C(Br)Br. The highest BCUT2D eigenvalue weighted by Gasteiger charge is 2.22. The smallest absolute Gasteiger partial charge is 0.201 e. The second kappa shape index (κ2) is 4.70. The fourth-order valence-electron chi connectivity index (χ4n) is 0.757. The number of benzene rings is 1. The molecular weight excluding hydrogens is 379 g/mol. The summed E-state index contributed by atoms with van der Waals surface area (Å²) in [5.41, 5.74) is 0. The van der Waals surface area contributed by atoms with Crippen LogP contribution in [-0.4, -0.2) is 11.5 Å². The van der Waals surface area contributed by atoms with Crippen LogP contribution in [-0.2, 0) is 9.84 Å². The van der Waals surface area contributed by atoms with Crippen molar-refractivity contribution in [2.75, 3.05) is 0 Å². The highest BCUT2D eigenvalue weighted by Crippen LogP contribution is 2.29. The largest absolute Gasteiger partial charge is 0.222 e. The third-order valence-corrected chi connectivity index (χ3v) is 6.53. The van der Waals surface area contributed by atoms with Gasteiger partial charge in [0.25, 0.3) is 0 Å². The average molecular weight is 383 g/mol. The number of sulfone groups is 1. The van der Waals surface area contributed by atoms with Crippen molar-refractivity contribution in [3.05, 3.63) is 28.2 Å². The summed E-state index contributed by atoms with van der Waals surface area (Å²) < 4.78 is 22.4. The minimum Gasteiger partial charge on any atom is -0.222 e. The molecule has 0 N–H and O–H groups in total. The van der Waals surface area contributed by atoms with Crippen molar-refractivity contribution in [3.63, 3.8) is 0 Å². The van der Waals surface area contributed by atoms with Crippen LogP contribution in [0, 0.1) is 0 Å². The predicted octanol–water partition coefficient (Wildman–Crippen LogP) is 3.84. The van der Waals surface area contributed by atoms with E-state index in [-0.39, 0.29) is 9.92 Å². The van der Waals surface area contributed by atoms with Crippen molar-refractivity contribution in [2.45, 2.75) is 7.96 Å². The molecule has 1 aromatic rings. The quantitative estimate of drug-likeness (QED) is 0.728. The van der Waals surface area contributed by atoms with Crippen LogP contribution >= 0.6 is 55.1 Å². The molecule has 1 aromatic carbocycles. The number of hydrogen-bond donors (Lipinski definition) is 0. The van der Waals surface area contributed by atoms with Gasteiger partial charge in [-0.3, -0.25) is 0 Å². The molecule has 0 aliphatic carbocycles. The molecular formula is C7H4Br2Cl2O2S. The standard InChI is InChI=1S/C7H4Br2Cl2O2S/c8-7(9)14(12,13)4-1-2-5(10)6(11)3-4/h1-3,7H. The van der Waals surface area contributed by atoms with E-state index in [2.05, 4.69) is 31.9 Å². The Morgan fingerprint density at radius 1 is 1.14 bits per heavy atom. The summed E-state index contributed by atoms with van der Waals surface area (Å²) in [4.78, 5) is 0.116. The Labute approximate surface area is 109 Å². The van der Waals surface area contributed by atoms with Crippen LogP contribution in [0.15, 0.2) is 23.1 Å². The van der Waals surface area contributed by atoms with Crippen LogP contribution < -0.4 is 0 Å². The molecule has 2 nitrogen and oxygen atoms in total. The summed E-state index contributed by atoms with van der Waals surface area (Å²) >= 11 is 17.2. The summed E-state index contributed by atoms with van der Waals surface area (Å²) in [6.07, 6.45) is 0. The third-order valence-electron chi connectivity index (χ3n) is 1.45. The first-order valence-corrected chi connectivity index (χ1v) is 7.46. The Bertz CT molecular complexity index is 445. The van der Waals surface area contributed by atoms with Gasteiger partial charge in [0.05, 0.1) is 14.9 Å². The topological polar surface area (TPSA) is 34.1 Å². The first-order chi connectivity index (χ1) is 6.35. The molecule has 0 aliphatic rings. The van der Waals surface area contributed by atoms with Gasteiger partial charge in [-0.1, -0.05) is 55.1 Å². The zero-order valence-electron chi connectivity index (χ0n) is 6.55. The normalized spacial score (nSPS) is 12.1. The zero-order chi connectivity index (χ0) is 10.9. The van der Waals surface area contributed by atoms with Crippen LogP contribution in [0.25, 0.3) is 0 Å². The van der Waals surface area contributed by atoms with Crippen molar-refractivity contribution >= 4 is 64.9 Å². The van der Waals surface area contributed by atoms with Crippen LogP contribution in [0.5, 0.6) is 0 Å². The lowest BCUT2D eigenvalue weighted by Gasteiger charge is -2.05. The minimum absolute atomic E-state index is 0.116. The molecule has 0 aromatic heterocycles. The van der Waals surface area contributed by atoms with Crippen molar-refractivity contribution in [1.82, 2.24) is 0 Å². The molecule has 0 saturated carbocycles. The Morgan fingerprint density at radius 2 is 1.71 bits per heavy atom. The van der Waals surface area contributed by atoms with Crippen LogP contribution in [0.3, 0.4) is 0 Å². The molecule has 14 heavy (non-hydrogen) atoms. The number of rotatable bonds is 2. The van der Waals surface area contributed by atoms with E-state index in [1.165, 1.54) is 18.2 Å². The van der Waals surface area contributed by atoms with Gasteiger partial charge in [0.2, 0.25) is 9.84 Å². The van der Waals surface area contributed by atoms with E-state index in [4.69, 9.17) is 23.2 Å². The van der Waals surface area contributed by atoms with Gasteiger partial charge in [-0.25, -0.2) is 8.42 Å². The maximum atomic E-state index is 11.6. The lowest BCUT2D eigenvalue weighted by molar-refractivity contribution is 0.600. The lowest BCUT2D eigenvalue weighted by Crippen LogP contribution is -2.08. The highest BCUT2D eigenvalue weighted by atomic mass is 79.9. The highest BCUT2D eigenvalue weighted by molar-refractivity contribution is 9.27. The zero-order valence-corrected chi connectivity index (χ0v) is 12.0. The predicted molar refractivity (Wildman–Crippen MR) is 65.3 cm³/mol. The monoisotopic (exact) mass is 380 g/mol. The second-order valence-electron chi connectivity index (χ2n) is 2.38. The summed E-state index contributed by atoms with van der Waals surface area (Å²) in [5, 5.41) is 0.541. The number of halogens is 4. The Balaban J connectivity index is 3.29. The first kappa shape index (κ1) is 12.8. The molecule has 0 aliphatic heterocycles. The van der Waals surface area contributed by atoms with Gasteiger partial charge in [0, 0.05) is 0 Å². The van der Waals surface area contributed by atoms with Crippen LogP contribution in [0.1, 0.15) is 0 Å². The van der Waals surface area contributed by atoms with Gasteiger partial charge >= 0.3 is 0 Å². The summed E-state index contributed by atoms with van der Waals surface area (Å²) in [5.74, 6) is 0. The molecule has 0 heterocycles. The molecule has 0 bridgehead atoms. The van der Waals surface area contributed by atoms with Crippen LogP contribution in [0.2, 0.25) is 10.0 Å². The Kier molecular flexibility index (Phi) is 4.29. The van der Waals surface area contributed by atoms with Crippen molar-refractivity contribution < 1.29 is 8.42 Å². The molecule has 0 unspecified atom stereocenters. The summed E-state index contributed by atoms with van der Waals surface area (Å²) in [6.45, 7) is 0. The first-order valence-electron chi connectivity index (χ1n) is 3.33. The van der Waals surface area contributed by atoms with Gasteiger partial charge < -0.3 is 0 Å². The molecule has 7 heteroatoms. The van der Waals surface area contributed by atoms with Gasteiger partial charge in [-0.15, -0.1) is 0 Å². The van der Waals surface area contributed by atoms with Gasteiger partial charge in [-0.05, 0) is 18.2 Å². The molecule has 1 rings (SSSR count). The molecule has 78 valence electrons. The molecule has 0 atom stereocenters. The Morgan fingerprint density at radius 3 is 2.14 bits per heavy atom. The fourth-order valence-corrected chi connectivity index (χ4v) is 3.16. The fraction of sp³-hybridized carbons (Fsp3) is 0.143. The van der Waals surface area contributed by atoms with Gasteiger partial charge in [0.15, 0.2) is 3.07 Å². The van der Waals surface area contributed by atoms with E-state index < -0.39 is 12.9 Å². The third kappa shape index (κ3) is 2.64. The minimum atomic E-state index is -3.43. The second-order valence-corrected chi connectivity index (χ2v) is 9.50. The van der Waals surface area contributed by atoms with Gasteiger partial charge in [0.1, 0.15) is 0 Å². The van der Waals surface area contributed by atoms with E-state index in [1.54, 1.807) is 0 Å². The van der Waals surface area contributed by atoms with E-state index in [0.717, 1.165) is 0 Å². The molecule has 0 spiro atoms. The van der Waals surface area contributed by atoms with E-state index in [1.807, 2.05) is 0 Å². The van der Waals surface area contributed by atoms with E-state index >= 15 is 0 Å². The average Bonchev–Trinajstić information content (AvgIpc) is 2.09. The Hall–Kier alpha value is 0.710. The summed E-state index contributed by atoms with van der Waals surface area (Å²) in [6, 6.07) is 4.16. The molecule has 0 amide bonds. The maximum Gasteiger partial charge on any atom is 0.201 e. The van der Waals surface area contributed by atoms with Crippen LogP contribution in [0.4, 0.5) is 0 Å². The number of alkyl halides is 2. The van der Waals surface area contributed by atoms with E-state index in [0.29, 0.717) is 5.02 Å². The molecule has 0 radical (unpaired) electrons. The van der Waals surface area contributed by atoms with Crippen molar-refractivity contribution in [1.29, 1.82) is 0 Å². The van der Waals surface area contributed by atoms with E-state index in [9.17, 15) is 8.42 Å². The van der Waals surface area contributed by atoms with Crippen molar-refractivity contribution in [3.8, 4) is 0 Å². The van der Waals surface area contributed by atoms with Crippen molar-refractivity contribution in [2.24, 2.45) is 0 Å². The summed E-state index contributed by atoms with van der Waals surface area (Å²) in [7, 11) is -3.43. The lowest BCUT2D eigenvalue weighted by atomic mass is 10.4. The maximum absolute atomic E-state index is 11.6. The van der Waals surface area contributed by atoms with Gasteiger partial charge in [-0.2, -0.15) is 0 Å². The molecule has 0 fully saturated rings.